The molecule has 71 heavy (non-hydrogen) atoms. The lowest BCUT2D eigenvalue weighted by Gasteiger charge is -2.53. The first-order valence-corrected chi connectivity index (χ1v) is 27.2. The van der Waals surface area contributed by atoms with Crippen LogP contribution in [0.25, 0.3) is 53.2 Å². The summed E-state index contributed by atoms with van der Waals surface area (Å²) in [6, 6.07) is 64.4. The van der Waals surface area contributed by atoms with E-state index in [1.54, 1.807) is 5.56 Å². The van der Waals surface area contributed by atoms with Crippen LogP contribution >= 0.6 is 11.3 Å². The van der Waals surface area contributed by atoms with Crippen molar-refractivity contribution in [2.75, 3.05) is 9.80 Å². The Morgan fingerprint density at radius 3 is 1.77 bits per heavy atom. The molecular formula is C67H62N2OS. The van der Waals surface area contributed by atoms with Gasteiger partial charge in [-0.25, -0.2) is 0 Å². The zero-order valence-corrected chi connectivity index (χ0v) is 42.7. The normalized spacial score (nSPS) is 21.4. The fraction of sp³-hybridized carbons (Fsp3) is 0.284. The number of benzene rings is 8. The second-order valence-electron chi connectivity index (χ2n) is 23.7. The topological polar surface area (TPSA) is 19.6 Å². The first-order valence-electron chi connectivity index (χ1n) is 26.3. The number of hydrogen-bond donors (Lipinski definition) is 0. The molecule has 0 amide bonds. The molecule has 4 saturated carbocycles. The molecule has 8 aromatic carbocycles. The van der Waals surface area contributed by atoms with Crippen LogP contribution in [-0.4, -0.2) is 0 Å². The third kappa shape index (κ3) is 6.52. The highest BCUT2D eigenvalue weighted by atomic mass is 32.1. The standard InChI is InChI=1S/C67H62N2OS/c1-65(2,3)43-23-27-49(28-24-43)68(47-15-9-7-10-16-47)51-31-32-53-59(39-51)71-58-34-33-54-60-55(67(63(54)62(53)58)45-22-21-41-35-42(37-45)38-46(67)36-41)40-56(61-52-19-13-14-20-57(52)70-64(60)61)69(48-17-11-8-12-18-48)50-29-25-44(26-30-50)66(4,5)6/h7-20,23-34,39-42,45-46H,21-22,35-38H2,1-6H3. The van der Waals surface area contributed by atoms with Gasteiger partial charge < -0.3 is 14.2 Å². The van der Waals surface area contributed by atoms with Gasteiger partial charge in [-0.05, 0) is 173 Å². The van der Waals surface area contributed by atoms with Crippen molar-refractivity contribution in [2.45, 2.75) is 96.3 Å². The smallest absolute Gasteiger partial charge is 0.145 e. The number of rotatable bonds is 6. The number of para-hydroxylation sites is 3. The first-order chi connectivity index (χ1) is 34.4. The van der Waals surface area contributed by atoms with Crippen LogP contribution in [0, 0.1) is 23.7 Å². The third-order valence-electron chi connectivity index (χ3n) is 17.6. The van der Waals surface area contributed by atoms with Crippen LogP contribution in [0.5, 0.6) is 0 Å². The van der Waals surface area contributed by atoms with Gasteiger partial charge in [0.15, 0.2) is 0 Å². The van der Waals surface area contributed by atoms with E-state index in [-0.39, 0.29) is 16.2 Å². The molecule has 5 aliphatic carbocycles. The summed E-state index contributed by atoms with van der Waals surface area (Å²) in [7, 11) is 0. The molecule has 0 saturated heterocycles. The lowest BCUT2D eigenvalue weighted by atomic mass is 9.50. The molecular weight excluding hydrogens is 881 g/mol. The van der Waals surface area contributed by atoms with Gasteiger partial charge in [0.05, 0.1) is 11.1 Å². The minimum absolute atomic E-state index is 0.0478. The van der Waals surface area contributed by atoms with Crippen molar-refractivity contribution >= 4 is 87.6 Å². The molecule has 10 aromatic rings. The molecule has 2 aromatic heterocycles. The predicted molar refractivity (Wildman–Crippen MR) is 301 cm³/mol. The van der Waals surface area contributed by atoms with Crippen LogP contribution in [0.1, 0.15) is 102 Å². The van der Waals surface area contributed by atoms with E-state index >= 15 is 0 Å². The van der Waals surface area contributed by atoms with Crippen LogP contribution in [0.2, 0.25) is 0 Å². The number of hydrogen-bond acceptors (Lipinski definition) is 4. The van der Waals surface area contributed by atoms with Crippen LogP contribution < -0.4 is 9.80 Å². The van der Waals surface area contributed by atoms with E-state index in [0.29, 0.717) is 11.8 Å². The van der Waals surface area contributed by atoms with Crippen molar-refractivity contribution < 1.29 is 4.42 Å². The van der Waals surface area contributed by atoms with Gasteiger partial charge in [-0.15, -0.1) is 11.3 Å². The Morgan fingerprint density at radius 1 is 0.493 bits per heavy atom. The summed E-state index contributed by atoms with van der Waals surface area (Å²) >= 11 is 1.98. The Labute approximate surface area is 422 Å². The van der Waals surface area contributed by atoms with E-state index < -0.39 is 0 Å². The molecule has 0 N–H and O–H groups in total. The van der Waals surface area contributed by atoms with Crippen molar-refractivity contribution in [3.63, 3.8) is 0 Å². The molecule has 0 aliphatic heterocycles. The summed E-state index contributed by atoms with van der Waals surface area (Å²) in [5.41, 5.74) is 17.5. The Kier molecular flexibility index (Phi) is 9.54. The average molecular weight is 943 g/mol. The summed E-state index contributed by atoms with van der Waals surface area (Å²) in [6.45, 7) is 13.8. The van der Waals surface area contributed by atoms with Crippen LogP contribution in [0.3, 0.4) is 0 Å². The maximum Gasteiger partial charge on any atom is 0.145 e. The zero-order chi connectivity index (χ0) is 48.0. The second kappa shape index (κ2) is 15.7. The maximum atomic E-state index is 7.40. The monoisotopic (exact) mass is 942 g/mol. The molecule has 4 fully saturated rings. The van der Waals surface area contributed by atoms with Crippen molar-refractivity contribution in [3.8, 4) is 11.1 Å². The van der Waals surface area contributed by atoms with Gasteiger partial charge >= 0.3 is 0 Å². The molecule has 5 unspecified atom stereocenters. The number of fused-ring (bicyclic) bond motifs is 12. The van der Waals surface area contributed by atoms with E-state index in [4.69, 9.17) is 4.42 Å². The molecule has 0 radical (unpaired) electrons. The number of furan rings is 1. The van der Waals surface area contributed by atoms with E-state index in [2.05, 4.69) is 221 Å². The second-order valence-corrected chi connectivity index (χ2v) is 24.8. The first kappa shape index (κ1) is 43.2. The third-order valence-corrected chi connectivity index (χ3v) is 18.7. The predicted octanol–water partition coefficient (Wildman–Crippen LogP) is 19.6. The largest absolute Gasteiger partial charge is 0.455 e. The van der Waals surface area contributed by atoms with Gasteiger partial charge in [-0.2, -0.15) is 0 Å². The van der Waals surface area contributed by atoms with Crippen LogP contribution in [0.4, 0.5) is 34.1 Å². The average Bonchev–Trinajstić information content (AvgIpc) is 3.99. The highest BCUT2D eigenvalue weighted by Gasteiger charge is 2.61. The molecule has 1 spiro atoms. The Hall–Kier alpha value is -6.62. The summed E-state index contributed by atoms with van der Waals surface area (Å²) < 4.78 is 10.1. The quantitative estimate of drug-likeness (QED) is 0.166. The van der Waals surface area contributed by atoms with Crippen molar-refractivity contribution in [1.82, 2.24) is 0 Å². The SMILES string of the molecule is CC(C)(C)c1ccc(N(c2ccccc2)c2ccc3c(c2)sc2ccc4c(c23)C2(c3cc(N(c5ccccc5)c5ccc(C(C)(C)C)cc5)c5c(oc6ccccc65)c3-4)C3CCC4CC(C3)CC2C4)cc1. The van der Waals surface area contributed by atoms with E-state index in [1.807, 2.05) is 11.3 Å². The Balaban J connectivity index is 1.04. The number of nitrogens with zero attached hydrogens (tertiary/aromatic N) is 2. The summed E-state index contributed by atoms with van der Waals surface area (Å²) in [5.74, 6) is 2.72. The minimum atomic E-state index is -0.145. The molecule has 352 valence electrons. The van der Waals surface area contributed by atoms with Crippen LogP contribution in [-0.2, 0) is 16.2 Å². The zero-order valence-electron chi connectivity index (χ0n) is 41.9. The Bertz CT molecular complexity index is 3690. The lowest BCUT2D eigenvalue weighted by molar-refractivity contribution is 0.0626. The van der Waals surface area contributed by atoms with Crippen molar-refractivity contribution in [2.24, 2.45) is 23.7 Å². The lowest BCUT2D eigenvalue weighted by Crippen LogP contribution is -2.48. The fourth-order valence-corrected chi connectivity index (χ4v) is 15.7. The highest BCUT2D eigenvalue weighted by molar-refractivity contribution is 7.25. The molecule has 5 atom stereocenters. The molecule has 15 rings (SSSR count). The minimum Gasteiger partial charge on any atom is -0.455 e. The van der Waals surface area contributed by atoms with Crippen molar-refractivity contribution in [1.29, 1.82) is 0 Å². The van der Waals surface area contributed by atoms with Gasteiger partial charge in [-0.3, -0.25) is 0 Å². The van der Waals surface area contributed by atoms with Gasteiger partial charge in [-0.1, -0.05) is 139 Å². The van der Waals surface area contributed by atoms with E-state index in [1.165, 1.54) is 120 Å². The molecule has 4 bridgehead atoms. The summed E-state index contributed by atoms with van der Waals surface area (Å²) in [4.78, 5) is 4.99. The van der Waals surface area contributed by atoms with E-state index in [0.717, 1.165) is 34.4 Å². The molecule has 5 aliphatic rings. The van der Waals surface area contributed by atoms with Crippen molar-refractivity contribution in [3.05, 3.63) is 192 Å². The fourth-order valence-electron chi connectivity index (χ4n) is 14.6. The molecule has 4 heteroatoms. The number of thiophene rings is 1. The molecule has 3 nitrogen and oxygen atoms in total. The number of anilines is 6. The maximum absolute atomic E-state index is 7.40. The molecule has 2 heterocycles. The van der Waals surface area contributed by atoms with Gasteiger partial charge in [0.2, 0.25) is 0 Å². The summed E-state index contributed by atoms with van der Waals surface area (Å²) in [5, 5.41) is 5.22. The van der Waals surface area contributed by atoms with Gasteiger partial charge in [0.25, 0.3) is 0 Å². The highest BCUT2D eigenvalue weighted by Crippen LogP contribution is 2.71. The summed E-state index contributed by atoms with van der Waals surface area (Å²) in [6.07, 6.45) is 7.95. The van der Waals surface area contributed by atoms with E-state index in [9.17, 15) is 0 Å². The van der Waals surface area contributed by atoms with Gasteiger partial charge in [0, 0.05) is 65.0 Å². The van der Waals surface area contributed by atoms with Crippen LogP contribution in [0.15, 0.2) is 174 Å². The van der Waals surface area contributed by atoms with Gasteiger partial charge in [0.1, 0.15) is 11.2 Å². The Morgan fingerprint density at radius 2 is 1.08 bits per heavy atom.